The first-order chi connectivity index (χ1) is 9.06. The van der Waals surface area contributed by atoms with Crippen LogP contribution in [0, 0.1) is 17.7 Å². The van der Waals surface area contributed by atoms with Crippen molar-refractivity contribution in [1.29, 1.82) is 0 Å². The molecule has 3 nitrogen and oxygen atoms in total. The molecule has 1 aromatic rings. The number of rotatable bonds is 2. The maximum atomic E-state index is 13.3. The minimum absolute atomic E-state index is 0.0899. The molecule has 0 spiro atoms. The zero-order valence-corrected chi connectivity index (χ0v) is 11.8. The van der Waals surface area contributed by atoms with Crippen LogP contribution in [0.2, 0.25) is 0 Å². The van der Waals surface area contributed by atoms with E-state index in [0.717, 1.165) is 19.3 Å². The Balaban J connectivity index is 1.83. The van der Waals surface area contributed by atoms with Crippen LogP contribution in [-0.2, 0) is 16.1 Å². The second-order valence-electron chi connectivity index (χ2n) is 5.18. The third kappa shape index (κ3) is 2.20. The Bertz CT molecular complexity index is 518. The van der Waals surface area contributed by atoms with Crippen LogP contribution in [0.1, 0.15) is 24.8 Å². The lowest BCUT2D eigenvalue weighted by atomic mass is 10.00. The molecule has 0 radical (unpaired) electrons. The number of nitrogens with zero attached hydrogens (tertiary/aromatic N) is 1. The molecule has 3 rings (SSSR count). The zero-order valence-electron chi connectivity index (χ0n) is 10.2. The van der Waals surface area contributed by atoms with Crippen LogP contribution in [-0.4, -0.2) is 16.7 Å². The van der Waals surface area contributed by atoms with Gasteiger partial charge in [0.1, 0.15) is 5.82 Å². The number of halogens is 2. The normalized spacial score (nSPS) is 26.1. The lowest BCUT2D eigenvalue weighted by Gasteiger charge is -2.16. The van der Waals surface area contributed by atoms with Crippen LogP contribution < -0.4 is 0 Å². The van der Waals surface area contributed by atoms with E-state index in [1.165, 1.54) is 17.0 Å². The average molecular weight is 326 g/mol. The van der Waals surface area contributed by atoms with E-state index in [1.54, 1.807) is 6.07 Å². The van der Waals surface area contributed by atoms with Gasteiger partial charge < -0.3 is 0 Å². The SMILES string of the molecule is O=C1C2CCCC2C(=O)N1Cc1cc(F)cc(Br)c1. The van der Waals surface area contributed by atoms with Gasteiger partial charge in [0.25, 0.3) is 0 Å². The Morgan fingerprint density at radius 1 is 1.16 bits per heavy atom. The fraction of sp³-hybridized carbons (Fsp3) is 0.429. The number of likely N-dealkylation sites (tertiary alicyclic amines) is 1. The lowest BCUT2D eigenvalue weighted by Crippen LogP contribution is -2.31. The third-order valence-electron chi connectivity index (χ3n) is 3.95. The molecular formula is C14H13BrFNO2. The van der Waals surface area contributed by atoms with Crippen LogP contribution in [0.15, 0.2) is 22.7 Å². The van der Waals surface area contributed by atoms with Crippen molar-refractivity contribution in [1.82, 2.24) is 4.90 Å². The first kappa shape index (κ1) is 12.8. The molecule has 2 fully saturated rings. The van der Waals surface area contributed by atoms with Crippen LogP contribution in [0.4, 0.5) is 4.39 Å². The number of fused-ring (bicyclic) bond motifs is 1. The molecule has 2 amide bonds. The van der Waals surface area contributed by atoms with Crippen LogP contribution >= 0.6 is 15.9 Å². The van der Waals surface area contributed by atoms with Gasteiger partial charge in [-0.15, -0.1) is 0 Å². The van der Waals surface area contributed by atoms with Gasteiger partial charge in [0, 0.05) is 4.47 Å². The Hall–Kier alpha value is -1.23. The van der Waals surface area contributed by atoms with E-state index in [9.17, 15) is 14.0 Å². The Morgan fingerprint density at radius 2 is 1.79 bits per heavy atom. The molecule has 0 aromatic heterocycles. The Labute approximate surface area is 118 Å². The predicted octanol–water partition coefficient (Wildman–Crippen LogP) is 2.87. The van der Waals surface area contributed by atoms with Gasteiger partial charge in [-0.2, -0.15) is 0 Å². The number of hydrogen-bond acceptors (Lipinski definition) is 2. The van der Waals surface area contributed by atoms with Gasteiger partial charge in [-0.25, -0.2) is 4.39 Å². The highest BCUT2D eigenvalue weighted by atomic mass is 79.9. The Kier molecular flexibility index (Phi) is 3.17. The van der Waals surface area contributed by atoms with E-state index < -0.39 is 0 Å². The molecule has 1 saturated heterocycles. The summed E-state index contributed by atoms with van der Waals surface area (Å²) in [6, 6.07) is 4.45. The van der Waals surface area contributed by atoms with Crippen molar-refractivity contribution < 1.29 is 14.0 Å². The van der Waals surface area contributed by atoms with Gasteiger partial charge in [0.15, 0.2) is 0 Å². The minimum Gasteiger partial charge on any atom is -0.278 e. The first-order valence-corrected chi connectivity index (χ1v) is 7.16. The van der Waals surface area contributed by atoms with Crippen LogP contribution in [0.5, 0.6) is 0 Å². The van der Waals surface area contributed by atoms with Crippen molar-refractivity contribution in [3.8, 4) is 0 Å². The van der Waals surface area contributed by atoms with Gasteiger partial charge in [0.05, 0.1) is 18.4 Å². The van der Waals surface area contributed by atoms with Gasteiger partial charge in [-0.1, -0.05) is 22.4 Å². The highest BCUT2D eigenvalue weighted by Gasteiger charge is 2.49. The summed E-state index contributed by atoms with van der Waals surface area (Å²) in [4.78, 5) is 25.6. The number of hydrogen-bond donors (Lipinski definition) is 0. The molecule has 5 heteroatoms. The van der Waals surface area contributed by atoms with E-state index in [-0.39, 0.29) is 36.0 Å². The van der Waals surface area contributed by atoms with Gasteiger partial charge >= 0.3 is 0 Å². The number of amides is 2. The summed E-state index contributed by atoms with van der Waals surface area (Å²) in [7, 11) is 0. The van der Waals surface area contributed by atoms with Crippen LogP contribution in [0.25, 0.3) is 0 Å². The van der Waals surface area contributed by atoms with Crippen molar-refractivity contribution >= 4 is 27.7 Å². The smallest absolute Gasteiger partial charge is 0.233 e. The first-order valence-electron chi connectivity index (χ1n) is 6.36. The zero-order chi connectivity index (χ0) is 13.6. The van der Waals surface area contributed by atoms with Crippen molar-refractivity contribution in [2.75, 3.05) is 0 Å². The molecule has 1 aliphatic heterocycles. The third-order valence-corrected chi connectivity index (χ3v) is 4.40. The molecule has 100 valence electrons. The van der Waals surface area contributed by atoms with E-state index in [1.807, 2.05) is 0 Å². The molecule has 1 saturated carbocycles. The van der Waals surface area contributed by atoms with Gasteiger partial charge in [-0.05, 0) is 36.6 Å². The molecule has 1 aliphatic carbocycles. The average Bonchev–Trinajstić information content (AvgIpc) is 2.88. The summed E-state index contributed by atoms with van der Waals surface area (Å²) in [5, 5.41) is 0. The molecule has 19 heavy (non-hydrogen) atoms. The maximum absolute atomic E-state index is 13.3. The molecule has 2 unspecified atom stereocenters. The molecular weight excluding hydrogens is 313 g/mol. The second-order valence-corrected chi connectivity index (χ2v) is 6.10. The molecule has 2 atom stereocenters. The topological polar surface area (TPSA) is 37.4 Å². The highest BCUT2D eigenvalue weighted by Crippen LogP contribution is 2.40. The molecule has 0 N–H and O–H groups in total. The van der Waals surface area contributed by atoms with E-state index >= 15 is 0 Å². The quantitative estimate of drug-likeness (QED) is 0.784. The van der Waals surface area contributed by atoms with E-state index in [2.05, 4.69) is 15.9 Å². The highest BCUT2D eigenvalue weighted by molar-refractivity contribution is 9.10. The molecule has 1 heterocycles. The fourth-order valence-electron chi connectivity index (χ4n) is 3.10. The summed E-state index contributed by atoms with van der Waals surface area (Å²) < 4.78 is 13.9. The number of imide groups is 1. The number of carbonyl (C=O) groups excluding carboxylic acids is 2. The van der Waals surface area contributed by atoms with Gasteiger partial charge in [0.2, 0.25) is 11.8 Å². The summed E-state index contributed by atoms with van der Waals surface area (Å²) in [5.41, 5.74) is 0.633. The second kappa shape index (κ2) is 4.71. The van der Waals surface area contributed by atoms with E-state index in [4.69, 9.17) is 0 Å². The summed E-state index contributed by atoms with van der Waals surface area (Å²) in [5.74, 6) is -0.821. The largest absolute Gasteiger partial charge is 0.278 e. The minimum atomic E-state index is -0.372. The molecule has 2 aliphatic rings. The predicted molar refractivity (Wildman–Crippen MR) is 70.5 cm³/mol. The Morgan fingerprint density at radius 3 is 2.37 bits per heavy atom. The summed E-state index contributed by atoms with van der Waals surface area (Å²) >= 11 is 3.21. The number of carbonyl (C=O) groups is 2. The van der Waals surface area contributed by atoms with Crippen molar-refractivity contribution in [2.45, 2.75) is 25.8 Å². The molecule has 0 bridgehead atoms. The summed E-state index contributed by atoms with van der Waals surface area (Å²) in [6.45, 7) is 0.168. The van der Waals surface area contributed by atoms with E-state index in [0.29, 0.717) is 10.0 Å². The fourth-order valence-corrected chi connectivity index (χ4v) is 3.61. The maximum Gasteiger partial charge on any atom is 0.233 e. The summed E-state index contributed by atoms with van der Waals surface area (Å²) in [6.07, 6.45) is 2.56. The van der Waals surface area contributed by atoms with Crippen molar-refractivity contribution in [3.63, 3.8) is 0 Å². The van der Waals surface area contributed by atoms with Crippen molar-refractivity contribution in [3.05, 3.63) is 34.1 Å². The standard InChI is InChI=1S/C14H13BrFNO2/c15-9-4-8(5-10(16)6-9)7-17-13(18)11-2-1-3-12(11)14(17)19/h4-6,11-12H,1-3,7H2. The van der Waals surface area contributed by atoms with Crippen molar-refractivity contribution in [2.24, 2.45) is 11.8 Å². The number of benzene rings is 1. The van der Waals surface area contributed by atoms with Crippen LogP contribution in [0.3, 0.4) is 0 Å². The lowest BCUT2D eigenvalue weighted by molar-refractivity contribution is -0.141. The van der Waals surface area contributed by atoms with Gasteiger partial charge in [-0.3, -0.25) is 14.5 Å². The molecule has 1 aromatic carbocycles. The monoisotopic (exact) mass is 325 g/mol.